The monoisotopic (exact) mass is 306 g/mol. The molecule has 0 aromatic heterocycles. The Kier molecular flexibility index (Phi) is 4.42. The molecule has 1 heterocycles. The zero-order chi connectivity index (χ0) is 13.2. The standard InChI is InChI=1S/C11H15ClN2O2S2/c12-8-3-4-10(13)11(6-8)18(15,16)14-7-9-2-1-5-17-9/h3-4,6,9,14H,1-2,5,7,13H2. The third-order valence-electron chi connectivity index (χ3n) is 2.79. The number of nitrogen functional groups attached to an aromatic ring is 1. The van der Waals surface area contributed by atoms with Gasteiger partial charge in [-0.1, -0.05) is 11.6 Å². The Balaban J connectivity index is 2.12. The lowest BCUT2D eigenvalue weighted by Crippen LogP contribution is -2.30. The summed E-state index contributed by atoms with van der Waals surface area (Å²) >= 11 is 7.60. The van der Waals surface area contributed by atoms with Gasteiger partial charge in [0.1, 0.15) is 4.90 Å². The first-order chi connectivity index (χ1) is 8.49. The second-order valence-corrected chi connectivity index (χ2v) is 7.75. The number of nitrogens with one attached hydrogen (secondary N) is 1. The summed E-state index contributed by atoms with van der Waals surface area (Å²) in [5.74, 6) is 1.10. The van der Waals surface area contributed by atoms with Crippen molar-refractivity contribution in [2.24, 2.45) is 0 Å². The van der Waals surface area contributed by atoms with E-state index in [-0.39, 0.29) is 10.6 Å². The molecular weight excluding hydrogens is 292 g/mol. The molecule has 1 saturated heterocycles. The summed E-state index contributed by atoms with van der Waals surface area (Å²) in [6.07, 6.45) is 2.20. The zero-order valence-corrected chi connectivity index (χ0v) is 12.1. The smallest absolute Gasteiger partial charge is 0.242 e. The van der Waals surface area contributed by atoms with Crippen molar-refractivity contribution < 1.29 is 8.42 Å². The van der Waals surface area contributed by atoms with Crippen LogP contribution in [-0.2, 0) is 10.0 Å². The maximum atomic E-state index is 12.1. The van der Waals surface area contributed by atoms with Crippen molar-refractivity contribution >= 4 is 39.1 Å². The molecule has 0 bridgehead atoms. The van der Waals surface area contributed by atoms with Crippen molar-refractivity contribution in [1.29, 1.82) is 0 Å². The number of hydrogen-bond acceptors (Lipinski definition) is 4. The topological polar surface area (TPSA) is 72.2 Å². The number of sulfonamides is 1. The minimum atomic E-state index is -3.57. The molecule has 1 aromatic carbocycles. The molecule has 1 unspecified atom stereocenters. The fourth-order valence-corrected chi connectivity index (χ4v) is 4.61. The van der Waals surface area contributed by atoms with E-state index >= 15 is 0 Å². The van der Waals surface area contributed by atoms with Gasteiger partial charge in [-0.15, -0.1) is 0 Å². The third kappa shape index (κ3) is 3.32. The lowest BCUT2D eigenvalue weighted by atomic mass is 10.2. The fourth-order valence-electron chi connectivity index (χ4n) is 1.83. The molecule has 4 nitrogen and oxygen atoms in total. The molecule has 7 heteroatoms. The molecular formula is C11H15ClN2O2S2. The molecule has 3 N–H and O–H groups in total. The number of thioether (sulfide) groups is 1. The quantitative estimate of drug-likeness (QED) is 0.836. The molecule has 0 radical (unpaired) electrons. The number of anilines is 1. The Hall–Kier alpha value is -0.430. The van der Waals surface area contributed by atoms with Crippen LogP contribution >= 0.6 is 23.4 Å². The number of halogens is 1. The first kappa shape index (κ1) is 14.0. The van der Waals surface area contributed by atoms with Crippen LogP contribution < -0.4 is 10.5 Å². The molecule has 0 spiro atoms. The van der Waals surface area contributed by atoms with E-state index in [1.54, 1.807) is 17.8 Å². The third-order valence-corrected chi connectivity index (χ3v) is 5.90. The number of rotatable bonds is 4. The van der Waals surface area contributed by atoms with Gasteiger partial charge in [0.25, 0.3) is 0 Å². The van der Waals surface area contributed by atoms with E-state index in [1.807, 2.05) is 0 Å². The SMILES string of the molecule is Nc1ccc(Cl)cc1S(=O)(=O)NCC1CCCS1. The molecule has 2 rings (SSSR count). The van der Waals surface area contributed by atoms with E-state index in [2.05, 4.69) is 4.72 Å². The molecule has 1 aliphatic heterocycles. The van der Waals surface area contributed by atoms with Gasteiger partial charge in [0, 0.05) is 16.8 Å². The number of benzene rings is 1. The molecule has 0 saturated carbocycles. The van der Waals surface area contributed by atoms with Crippen LogP contribution in [0.5, 0.6) is 0 Å². The molecule has 1 atom stereocenters. The Labute approximate surface area is 116 Å². The van der Waals surface area contributed by atoms with Gasteiger partial charge in [-0.2, -0.15) is 11.8 Å². The molecule has 0 aliphatic carbocycles. The highest BCUT2D eigenvalue weighted by Gasteiger charge is 2.21. The average molecular weight is 307 g/mol. The van der Waals surface area contributed by atoms with Gasteiger partial charge < -0.3 is 5.73 Å². The second-order valence-electron chi connectivity index (χ2n) is 4.17. The van der Waals surface area contributed by atoms with Gasteiger partial charge in [-0.3, -0.25) is 0 Å². The van der Waals surface area contributed by atoms with Crippen molar-refractivity contribution in [2.75, 3.05) is 18.0 Å². The Morgan fingerprint density at radius 1 is 1.50 bits per heavy atom. The second kappa shape index (κ2) is 5.69. The van der Waals surface area contributed by atoms with Crippen LogP contribution in [0.2, 0.25) is 5.02 Å². The van der Waals surface area contributed by atoms with E-state index in [0.29, 0.717) is 16.8 Å². The summed E-state index contributed by atoms with van der Waals surface area (Å²) in [4.78, 5) is 0.0537. The van der Waals surface area contributed by atoms with Crippen LogP contribution in [0.3, 0.4) is 0 Å². The van der Waals surface area contributed by atoms with Crippen molar-refractivity contribution in [2.45, 2.75) is 23.0 Å². The van der Waals surface area contributed by atoms with E-state index in [9.17, 15) is 8.42 Å². The van der Waals surface area contributed by atoms with Crippen LogP contribution in [0.4, 0.5) is 5.69 Å². The summed E-state index contributed by atoms with van der Waals surface area (Å²) in [5, 5.41) is 0.722. The minimum Gasteiger partial charge on any atom is -0.398 e. The minimum absolute atomic E-state index is 0.0537. The van der Waals surface area contributed by atoms with Gasteiger partial charge >= 0.3 is 0 Å². The Bertz CT molecular complexity index is 528. The van der Waals surface area contributed by atoms with Crippen LogP contribution in [0.1, 0.15) is 12.8 Å². The van der Waals surface area contributed by atoms with Crippen LogP contribution in [0.25, 0.3) is 0 Å². The first-order valence-corrected chi connectivity index (χ1v) is 8.56. The molecule has 1 fully saturated rings. The number of nitrogens with two attached hydrogens (primary N) is 1. The Morgan fingerprint density at radius 3 is 2.94 bits per heavy atom. The van der Waals surface area contributed by atoms with E-state index < -0.39 is 10.0 Å². The zero-order valence-electron chi connectivity index (χ0n) is 9.73. The molecule has 0 amide bonds. The van der Waals surface area contributed by atoms with Crippen molar-refractivity contribution in [3.63, 3.8) is 0 Å². The summed E-state index contributed by atoms with van der Waals surface area (Å²) in [6, 6.07) is 4.45. The van der Waals surface area contributed by atoms with E-state index in [1.165, 1.54) is 12.1 Å². The average Bonchev–Trinajstić information content (AvgIpc) is 2.83. The number of hydrogen-bond donors (Lipinski definition) is 2. The lowest BCUT2D eigenvalue weighted by Gasteiger charge is -2.12. The fraction of sp³-hybridized carbons (Fsp3) is 0.455. The van der Waals surface area contributed by atoms with Gasteiger partial charge in [0.15, 0.2) is 0 Å². The summed E-state index contributed by atoms with van der Waals surface area (Å²) in [7, 11) is -3.57. The molecule has 1 aromatic rings. The van der Waals surface area contributed by atoms with E-state index in [0.717, 1.165) is 18.6 Å². The van der Waals surface area contributed by atoms with Crippen molar-refractivity contribution in [3.8, 4) is 0 Å². The van der Waals surface area contributed by atoms with E-state index in [4.69, 9.17) is 17.3 Å². The van der Waals surface area contributed by atoms with Gasteiger partial charge in [0.05, 0.1) is 5.69 Å². The largest absolute Gasteiger partial charge is 0.398 e. The summed E-state index contributed by atoms with van der Waals surface area (Å²) in [6.45, 7) is 0.443. The van der Waals surface area contributed by atoms with Crippen molar-refractivity contribution in [3.05, 3.63) is 23.2 Å². The Morgan fingerprint density at radius 2 is 2.28 bits per heavy atom. The van der Waals surface area contributed by atoms with Gasteiger partial charge in [-0.25, -0.2) is 13.1 Å². The van der Waals surface area contributed by atoms with Crippen LogP contribution in [0.15, 0.2) is 23.1 Å². The highest BCUT2D eigenvalue weighted by molar-refractivity contribution is 8.00. The molecule has 100 valence electrons. The maximum Gasteiger partial charge on any atom is 0.242 e. The van der Waals surface area contributed by atoms with Gasteiger partial charge in [-0.05, 0) is 36.8 Å². The predicted octanol–water partition coefficient (Wildman–Crippen LogP) is 2.10. The van der Waals surface area contributed by atoms with Crippen molar-refractivity contribution in [1.82, 2.24) is 4.72 Å². The summed E-state index contributed by atoms with van der Waals surface area (Å²) in [5.41, 5.74) is 5.89. The normalized spacial score (nSPS) is 20.2. The maximum absolute atomic E-state index is 12.1. The van der Waals surface area contributed by atoms with Crippen LogP contribution in [-0.4, -0.2) is 26.0 Å². The highest BCUT2D eigenvalue weighted by atomic mass is 35.5. The van der Waals surface area contributed by atoms with Gasteiger partial charge in [0.2, 0.25) is 10.0 Å². The molecule has 1 aliphatic rings. The first-order valence-electron chi connectivity index (χ1n) is 5.65. The molecule has 18 heavy (non-hydrogen) atoms. The van der Waals surface area contributed by atoms with Crippen LogP contribution in [0, 0.1) is 0 Å². The summed E-state index contributed by atoms with van der Waals surface area (Å²) < 4.78 is 26.8. The highest BCUT2D eigenvalue weighted by Crippen LogP contribution is 2.27. The predicted molar refractivity (Wildman–Crippen MR) is 76.5 cm³/mol. The lowest BCUT2D eigenvalue weighted by molar-refractivity contribution is 0.579.